The van der Waals surface area contributed by atoms with Gasteiger partial charge in [0.05, 0.1) is 0 Å². The molecule has 1 saturated heterocycles. The summed E-state index contributed by atoms with van der Waals surface area (Å²) in [6, 6.07) is 9.58. The molecule has 1 aliphatic rings. The van der Waals surface area contributed by atoms with Crippen LogP contribution in [0.25, 0.3) is 0 Å². The van der Waals surface area contributed by atoms with Gasteiger partial charge in [0.2, 0.25) is 11.0 Å². The number of nitrogens with zero attached hydrogens (tertiary/aromatic N) is 3. The van der Waals surface area contributed by atoms with E-state index in [1.54, 1.807) is 0 Å². The average Bonchev–Trinajstić information content (AvgIpc) is 2.87. The first-order valence-electron chi connectivity index (χ1n) is 6.67. The van der Waals surface area contributed by atoms with Gasteiger partial charge in [-0.3, -0.25) is 4.79 Å². The van der Waals surface area contributed by atoms with E-state index in [2.05, 4.69) is 14.7 Å². The molecule has 0 bridgehead atoms. The summed E-state index contributed by atoms with van der Waals surface area (Å²) in [5, 5.41) is 3.92. The van der Waals surface area contributed by atoms with E-state index in [-0.39, 0.29) is 11.9 Å². The quantitative estimate of drug-likeness (QED) is 0.942. The summed E-state index contributed by atoms with van der Waals surface area (Å²) in [7, 11) is 0. The van der Waals surface area contributed by atoms with Gasteiger partial charge >= 0.3 is 0 Å². The number of rotatable bonds is 3. The Kier molecular flexibility index (Phi) is 3.64. The molecule has 1 unspecified atom stereocenters. The minimum atomic E-state index is -0.212. The largest absolute Gasteiger partial charge is 0.348 e. The van der Waals surface area contributed by atoms with Gasteiger partial charge in [0.25, 0.3) is 0 Å². The third-order valence-electron chi connectivity index (χ3n) is 3.33. The molecule has 0 spiro atoms. The molecule has 20 heavy (non-hydrogen) atoms. The van der Waals surface area contributed by atoms with Crippen LogP contribution >= 0.6 is 11.5 Å². The second kappa shape index (κ2) is 5.58. The fourth-order valence-electron chi connectivity index (χ4n) is 2.38. The second-order valence-electron chi connectivity index (χ2n) is 4.81. The van der Waals surface area contributed by atoms with Crippen molar-refractivity contribution >= 4 is 28.3 Å². The minimum Gasteiger partial charge on any atom is -0.348 e. The van der Waals surface area contributed by atoms with Crippen LogP contribution in [-0.4, -0.2) is 27.9 Å². The van der Waals surface area contributed by atoms with Crippen molar-refractivity contribution in [1.29, 1.82) is 0 Å². The van der Waals surface area contributed by atoms with Crippen LogP contribution in [-0.2, 0) is 4.79 Å². The Balaban J connectivity index is 1.75. The third-order valence-corrected chi connectivity index (χ3v) is 4.07. The van der Waals surface area contributed by atoms with Crippen LogP contribution in [0.2, 0.25) is 0 Å². The summed E-state index contributed by atoms with van der Waals surface area (Å²) in [5.41, 5.74) is 0.956. The molecule has 1 atom stereocenters. The van der Waals surface area contributed by atoms with E-state index in [1.807, 2.05) is 42.2 Å². The van der Waals surface area contributed by atoms with Gasteiger partial charge in [0, 0.05) is 23.8 Å². The highest BCUT2D eigenvalue weighted by atomic mass is 32.1. The summed E-state index contributed by atoms with van der Waals surface area (Å²) < 4.78 is 4.13. The van der Waals surface area contributed by atoms with Crippen LogP contribution in [0, 0.1) is 6.92 Å². The van der Waals surface area contributed by atoms with E-state index in [0.29, 0.717) is 0 Å². The molecule has 1 aromatic heterocycles. The van der Waals surface area contributed by atoms with E-state index >= 15 is 0 Å². The van der Waals surface area contributed by atoms with Gasteiger partial charge in [0.15, 0.2) is 0 Å². The van der Waals surface area contributed by atoms with Crippen molar-refractivity contribution in [2.24, 2.45) is 0 Å². The van der Waals surface area contributed by atoms with Crippen LogP contribution < -0.4 is 10.2 Å². The zero-order valence-electron chi connectivity index (χ0n) is 11.2. The summed E-state index contributed by atoms with van der Waals surface area (Å²) >= 11 is 1.30. The van der Waals surface area contributed by atoms with Crippen molar-refractivity contribution < 1.29 is 4.79 Å². The van der Waals surface area contributed by atoms with Crippen LogP contribution in [0.4, 0.5) is 10.8 Å². The molecule has 0 saturated carbocycles. The summed E-state index contributed by atoms with van der Waals surface area (Å²) in [6.45, 7) is 2.62. The highest BCUT2D eigenvalue weighted by molar-refractivity contribution is 7.09. The molecule has 6 heteroatoms. The monoisotopic (exact) mass is 288 g/mol. The molecule has 1 aromatic carbocycles. The molecular formula is C14H16N4OS. The topological polar surface area (TPSA) is 58.1 Å². The number of piperidine rings is 1. The van der Waals surface area contributed by atoms with E-state index in [9.17, 15) is 4.79 Å². The first-order valence-corrected chi connectivity index (χ1v) is 7.44. The van der Waals surface area contributed by atoms with Crippen molar-refractivity contribution in [1.82, 2.24) is 9.36 Å². The molecule has 1 amide bonds. The number of nitrogens with one attached hydrogen (secondary N) is 1. The van der Waals surface area contributed by atoms with Crippen LogP contribution in [0.15, 0.2) is 30.3 Å². The number of carbonyl (C=O) groups excluding carboxylic acids is 1. The smallest absolute Gasteiger partial charge is 0.249 e. The molecule has 0 aliphatic carbocycles. The third kappa shape index (κ3) is 2.65. The predicted octanol–water partition coefficient (Wildman–Crippen LogP) is 2.45. The zero-order valence-corrected chi connectivity index (χ0v) is 12.1. The van der Waals surface area contributed by atoms with Crippen molar-refractivity contribution in [2.75, 3.05) is 16.8 Å². The Morgan fingerprint density at radius 3 is 2.85 bits per heavy atom. The molecule has 5 nitrogen and oxygen atoms in total. The van der Waals surface area contributed by atoms with Crippen LogP contribution in [0.5, 0.6) is 0 Å². The lowest BCUT2D eigenvalue weighted by Crippen LogP contribution is -2.47. The fourth-order valence-corrected chi connectivity index (χ4v) is 3.01. The van der Waals surface area contributed by atoms with Crippen molar-refractivity contribution in [3.8, 4) is 0 Å². The first kappa shape index (κ1) is 13.1. The number of aromatic nitrogens is 2. The minimum absolute atomic E-state index is 0.107. The average molecular weight is 288 g/mol. The summed E-state index contributed by atoms with van der Waals surface area (Å²) in [4.78, 5) is 18.7. The van der Waals surface area contributed by atoms with Crippen molar-refractivity contribution in [3.05, 3.63) is 36.2 Å². The highest BCUT2D eigenvalue weighted by Gasteiger charge is 2.30. The maximum absolute atomic E-state index is 12.6. The first-order chi connectivity index (χ1) is 9.74. The van der Waals surface area contributed by atoms with Gasteiger partial charge in [0.1, 0.15) is 11.9 Å². The molecule has 1 N–H and O–H groups in total. The highest BCUT2D eigenvalue weighted by Crippen LogP contribution is 2.23. The predicted molar refractivity (Wildman–Crippen MR) is 80.1 cm³/mol. The Morgan fingerprint density at radius 2 is 2.15 bits per heavy atom. The van der Waals surface area contributed by atoms with Gasteiger partial charge in [-0.15, -0.1) is 0 Å². The molecule has 104 valence electrons. The van der Waals surface area contributed by atoms with E-state index in [1.165, 1.54) is 11.5 Å². The van der Waals surface area contributed by atoms with Gasteiger partial charge in [-0.1, -0.05) is 18.2 Å². The van der Waals surface area contributed by atoms with E-state index in [0.717, 1.165) is 36.0 Å². The number of benzene rings is 1. The molecule has 1 fully saturated rings. The SMILES string of the molecule is Cc1nsc(NC2CCCN(c3ccccc3)C2=O)n1. The fraction of sp³-hybridized carbons (Fsp3) is 0.357. The number of hydrogen-bond acceptors (Lipinski definition) is 5. The van der Waals surface area contributed by atoms with E-state index < -0.39 is 0 Å². The lowest BCUT2D eigenvalue weighted by molar-refractivity contribution is -0.120. The maximum Gasteiger partial charge on any atom is 0.249 e. The van der Waals surface area contributed by atoms with Crippen molar-refractivity contribution in [3.63, 3.8) is 0 Å². The summed E-state index contributed by atoms with van der Waals surface area (Å²) in [6.07, 6.45) is 1.82. The Bertz CT molecular complexity index is 598. The van der Waals surface area contributed by atoms with Crippen LogP contribution in [0.3, 0.4) is 0 Å². The number of aryl methyl sites for hydroxylation is 1. The number of amides is 1. The van der Waals surface area contributed by atoms with Gasteiger partial charge in [-0.25, -0.2) is 4.98 Å². The Labute approximate surface area is 121 Å². The van der Waals surface area contributed by atoms with Crippen LogP contribution in [0.1, 0.15) is 18.7 Å². The molecule has 2 aromatic rings. The van der Waals surface area contributed by atoms with Gasteiger partial charge in [-0.05, 0) is 31.9 Å². The normalized spacial score (nSPS) is 19.1. The maximum atomic E-state index is 12.6. The number of carbonyl (C=O) groups is 1. The number of anilines is 2. The zero-order chi connectivity index (χ0) is 13.9. The molecule has 1 aliphatic heterocycles. The Morgan fingerprint density at radius 1 is 1.35 bits per heavy atom. The molecule has 0 radical (unpaired) electrons. The number of hydrogen-bond donors (Lipinski definition) is 1. The molecule has 2 heterocycles. The lowest BCUT2D eigenvalue weighted by Gasteiger charge is -2.32. The standard InChI is InChI=1S/C14H16N4OS/c1-10-15-14(20-17-10)16-12-8-5-9-18(13(12)19)11-6-3-2-4-7-11/h2-4,6-7,12H,5,8-9H2,1H3,(H,15,16,17). The summed E-state index contributed by atoms with van der Waals surface area (Å²) in [5.74, 6) is 0.843. The Hall–Kier alpha value is -1.95. The van der Waals surface area contributed by atoms with Crippen molar-refractivity contribution in [2.45, 2.75) is 25.8 Å². The lowest BCUT2D eigenvalue weighted by atomic mass is 10.0. The molecule has 3 rings (SSSR count). The van der Waals surface area contributed by atoms with E-state index in [4.69, 9.17) is 0 Å². The van der Waals surface area contributed by atoms with Gasteiger partial charge in [-0.2, -0.15) is 4.37 Å². The molecular weight excluding hydrogens is 272 g/mol. The second-order valence-corrected chi connectivity index (χ2v) is 5.56. The van der Waals surface area contributed by atoms with Gasteiger partial charge < -0.3 is 10.2 Å². The number of para-hydroxylation sites is 1.